The van der Waals surface area contributed by atoms with Crippen molar-refractivity contribution in [3.8, 4) is 28.1 Å². The fourth-order valence-corrected chi connectivity index (χ4v) is 5.09. The summed E-state index contributed by atoms with van der Waals surface area (Å²) in [5.74, 6) is 0.173. The standard InChI is InChI=1S/C25H21FN6O2S/c1-31-14-18(13-28-31)16-6-7-22-21(10-16)27-15-32(22)24-12-17(19-4-2-3-5-20(19)26)11-23(29-24)25(8-9-25)30-35(33)34/h2-7,10-15,35H,8-9H2,1H3,(H,30,33,34). The van der Waals surface area contributed by atoms with E-state index in [9.17, 15) is 12.8 Å². The molecular weight excluding hydrogens is 467 g/mol. The van der Waals surface area contributed by atoms with Crippen molar-refractivity contribution < 1.29 is 12.8 Å². The van der Waals surface area contributed by atoms with Crippen LogP contribution in [0.1, 0.15) is 18.5 Å². The van der Waals surface area contributed by atoms with Crippen molar-refractivity contribution in [2.24, 2.45) is 7.05 Å². The Kier molecular flexibility index (Phi) is 5.01. The molecule has 3 heterocycles. The molecule has 1 N–H and O–H groups in total. The summed E-state index contributed by atoms with van der Waals surface area (Å²) in [5.41, 5.74) is 4.40. The quantitative estimate of drug-likeness (QED) is 0.355. The van der Waals surface area contributed by atoms with Crippen LogP contribution < -0.4 is 4.72 Å². The van der Waals surface area contributed by atoms with Crippen molar-refractivity contribution in [3.05, 3.63) is 84.8 Å². The number of hydrogen-bond donors (Lipinski definition) is 2. The minimum Gasteiger partial charge on any atom is -0.283 e. The molecule has 0 spiro atoms. The maximum atomic E-state index is 14.7. The van der Waals surface area contributed by atoms with Crippen LogP contribution in [0.3, 0.4) is 0 Å². The predicted octanol–water partition coefficient (Wildman–Crippen LogP) is 3.73. The number of thiol groups is 1. The molecule has 6 rings (SSSR count). The van der Waals surface area contributed by atoms with Gasteiger partial charge in [-0.25, -0.2) is 27.5 Å². The Balaban J connectivity index is 1.51. The van der Waals surface area contributed by atoms with Crippen LogP contribution in [-0.4, -0.2) is 32.7 Å². The highest BCUT2D eigenvalue weighted by atomic mass is 32.2. The molecule has 0 aliphatic heterocycles. The average Bonchev–Trinajstić information content (AvgIpc) is 3.29. The van der Waals surface area contributed by atoms with E-state index in [-0.39, 0.29) is 5.82 Å². The lowest BCUT2D eigenvalue weighted by Crippen LogP contribution is -2.28. The molecule has 35 heavy (non-hydrogen) atoms. The maximum absolute atomic E-state index is 14.7. The van der Waals surface area contributed by atoms with E-state index in [1.54, 1.807) is 47.5 Å². The Morgan fingerprint density at radius 1 is 1.03 bits per heavy atom. The predicted molar refractivity (Wildman–Crippen MR) is 131 cm³/mol. The third kappa shape index (κ3) is 3.90. The van der Waals surface area contributed by atoms with E-state index in [0.29, 0.717) is 35.5 Å². The van der Waals surface area contributed by atoms with E-state index in [2.05, 4.69) is 14.8 Å². The van der Waals surface area contributed by atoms with Gasteiger partial charge in [0.25, 0.3) is 0 Å². The highest BCUT2D eigenvalue weighted by Gasteiger charge is 2.47. The van der Waals surface area contributed by atoms with E-state index >= 15 is 0 Å². The molecule has 0 atom stereocenters. The highest BCUT2D eigenvalue weighted by molar-refractivity contribution is 7.70. The second kappa shape index (κ2) is 8.10. The number of nitrogens with one attached hydrogen (secondary N) is 1. The van der Waals surface area contributed by atoms with Crippen LogP contribution in [0, 0.1) is 5.82 Å². The Labute approximate surface area is 202 Å². The molecule has 5 aromatic rings. The number of aryl methyl sites for hydroxylation is 1. The van der Waals surface area contributed by atoms with Crippen molar-refractivity contribution in [2.75, 3.05) is 0 Å². The molecule has 10 heteroatoms. The van der Waals surface area contributed by atoms with E-state index in [4.69, 9.17) is 4.98 Å². The van der Waals surface area contributed by atoms with Crippen molar-refractivity contribution in [2.45, 2.75) is 18.4 Å². The van der Waals surface area contributed by atoms with Crippen molar-refractivity contribution in [1.29, 1.82) is 0 Å². The summed E-state index contributed by atoms with van der Waals surface area (Å²) in [4.78, 5) is 9.38. The number of aromatic nitrogens is 5. The molecular formula is C25H21FN6O2S. The van der Waals surface area contributed by atoms with Crippen LogP contribution in [0.15, 0.2) is 73.3 Å². The molecule has 0 unspecified atom stereocenters. The zero-order valence-electron chi connectivity index (χ0n) is 18.7. The summed E-state index contributed by atoms with van der Waals surface area (Å²) in [6.45, 7) is 0. The lowest BCUT2D eigenvalue weighted by molar-refractivity contribution is 0.564. The van der Waals surface area contributed by atoms with Crippen LogP contribution in [0.25, 0.3) is 39.1 Å². The van der Waals surface area contributed by atoms with Gasteiger partial charge in [-0.1, -0.05) is 24.3 Å². The van der Waals surface area contributed by atoms with Crippen molar-refractivity contribution >= 4 is 21.9 Å². The Bertz CT molecular complexity index is 1660. The molecule has 0 bridgehead atoms. The molecule has 1 aliphatic rings. The number of halogens is 1. The molecule has 0 saturated heterocycles. The molecule has 1 aliphatic carbocycles. The molecule has 0 radical (unpaired) electrons. The summed E-state index contributed by atoms with van der Waals surface area (Å²) in [6.07, 6.45) is 6.67. The van der Waals surface area contributed by atoms with Crippen LogP contribution >= 0.6 is 0 Å². The van der Waals surface area contributed by atoms with Crippen LogP contribution in [0.5, 0.6) is 0 Å². The Hall–Kier alpha value is -3.89. The molecule has 1 saturated carbocycles. The summed E-state index contributed by atoms with van der Waals surface area (Å²) in [6, 6.07) is 16.0. The summed E-state index contributed by atoms with van der Waals surface area (Å²) in [5, 5.41) is 4.23. The lowest BCUT2D eigenvalue weighted by atomic mass is 10.0. The lowest BCUT2D eigenvalue weighted by Gasteiger charge is -2.17. The van der Waals surface area contributed by atoms with Crippen LogP contribution in [0.2, 0.25) is 0 Å². The number of pyridine rings is 1. The van der Waals surface area contributed by atoms with Crippen LogP contribution in [0.4, 0.5) is 4.39 Å². The first kappa shape index (κ1) is 21.6. The van der Waals surface area contributed by atoms with E-state index in [1.165, 1.54) is 6.07 Å². The highest BCUT2D eigenvalue weighted by Crippen LogP contribution is 2.46. The number of nitrogens with zero attached hydrogens (tertiary/aromatic N) is 5. The van der Waals surface area contributed by atoms with Gasteiger partial charge < -0.3 is 0 Å². The fourth-order valence-electron chi connectivity index (χ4n) is 4.41. The maximum Gasteiger partial charge on any atom is 0.202 e. The second-order valence-electron chi connectivity index (χ2n) is 8.75. The SMILES string of the molecule is Cn1cc(-c2ccc3c(c2)ncn3-c2cc(-c3ccccc3F)cc(C3(N[SH](=O)=O)CC3)n2)cn1. The van der Waals surface area contributed by atoms with Gasteiger partial charge >= 0.3 is 0 Å². The van der Waals surface area contributed by atoms with Gasteiger partial charge in [0.05, 0.1) is 28.5 Å². The van der Waals surface area contributed by atoms with E-state index in [0.717, 1.165) is 22.2 Å². The van der Waals surface area contributed by atoms with Gasteiger partial charge in [0.2, 0.25) is 10.9 Å². The summed E-state index contributed by atoms with van der Waals surface area (Å²) < 4.78 is 43.9. The van der Waals surface area contributed by atoms with Gasteiger partial charge in [-0.15, -0.1) is 0 Å². The van der Waals surface area contributed by atoms with Gasteiger partial charge in [0.15, 0.2) is 0 Å². The molecule has 0 amide bonds. The van der Waals surface area contributed by atoms with Gasteiger partial charge in [-0.05, 0) is 54.3 Å². The molecule has 3 aromatic heterocycles. The first-order valence-electron chi connectivity index (χ1n) is 11.1. The number of imidazole rings is 1. The third-order valence-electron chi connectivity index (χ3n) is 6.37. The first-order valence-corrected chi connectivity index (χ1v) is 12.3. The van der Waals surface area contributed by atoms with Gasteiger partial charge in [-0.3, -0.25) is 9.25 Å². The largest absolute Gasteiger partial charge is 0.283 e. The van der Waals surface area contributed by atoms with E-state index in [1.807, 2.05) is 36.0 Å². The fraction of sp³-hybridized carbons (Fsp3) is 0.160. The zero-order chi connectivity index (χ0) is 24.2. The average molecular weight is 489 g/mol. The molecule has 176 valence electrons. The summed E-state index contributed by atoms with van der Waals surface area (Å²) >= 11 is 0. The minimum absolute atomic E-state index is 0.361. The van der Waals surface area contributed by atoms with Gasteiger partial charge in [0, 0.05) is 24.4 Å². The normalized spacial score (nSPS) is 14.6. The number of hydrogen-bond acceptors (Lipinski definition) is 5. The number of rotatable bonds is 6. The zero-order valence-corrected chi connectivity index (χ0v) is 19.6. The van der Waals surface area contributed by atoms with Crippen LogP contribution in [-0.2, 0) is 23.5 Å². The summed E-state index contributed by atoms with van der Waals surface area (Å²) in [7, 11) is -0.949. The van der Waals surface area contributed by atoms with Gasteiger partial charge in [0.1, 0.15) is 18.0 Å². The minimum atomic E-state index is -2.82. The number of fused-ring (bicyclic) bond motifs is 1. The van der Waals surface area contributed by atoms with Crippen molar-refractivity contribution in [1.82, 2.24) is 29.0 Å². The second-order valence-corrected chi connectivity index (χ2v) is 9.49. The monoisotopic (exact) mass is 488 g/mol. The third-order valence-corrected chi connectivity index (χ3v) is 6.99. The van der Waals surface area contributed by atoms with E-state index < -0.39 is 16.4 Å². The molecule has 2 aromatic carbocycles. The molecule has 8 nitrogen and oxygen atoms in total. The Morgan fingerprint density at radius 3 is 2.57 bits per heavy atom. The van der Waals surface area contributed by atoms with Gasteiger partial charge in [-0.2, -0.15) is 5.10 Å². The number of benzene rings is 2. The smallest absolute Gasteiger partial charge is 0.202 e. The van der Waals surface area contributed by atoms with Crippen molar-refractivity contribution in [3.63, 3.8) is 0 Å². The first-order chi connectivity index (χ1) is 16.9. The molecule has 1 fully saturated rings. The Morgan fingerprint density at radius 2 is 1.86 bits per heavy atom. The topological polar surface area (TPSA) is 94.7 Å².